The Labute approximate surface area is 85.5 Å². The first kappa shape index (κ1) is 9.66. The maximum Gasteiger partial charge on any atom is 0.0270 e. The van der Waals surface area contributed by atoms with Crippen LogP contribution in [0.5, 0.6) is 0 Å². The summed E-state index contributed by atoms with van der Waals surface area (Å²) >= 11 is 0. The molecule has 1 fully saturated rings. The van der Waals surface area contributed by atoms with Gasteiger partial charge in [-0.15, -0.1) is 0 Å². The molecular formula is C12H18N2. The van der Waals surface area contributed by atoms with E-state index in [0.717, 1.165) is 12.3 Å². The van der Waals surface area contributed by atoms with E-state index in [1.165, 1.54) is 31.2 Å². The molecule has 0 saturated heterocycles. The number of nitrogens with two attached hydrogens (primary N) is 1. The van der Waals surface area contributed by atoms with Crippen LogP contribution >= 0.6 is 0 Å². The first-order valence-electron chi connectivity index (χ1n) is 5.49. The lowest BCUT2D eigenvalue weighted by atomic mass is 10.0. The van der Waals surface area contributed by atoms with Crippen molar-refractivity contribution in [2.75, 3.05) is 0 Å². The SMILES string of the molecule is NC(CCC1CC1)Cc1ccncc1. The molecule has 0 spiro atoms. The second kappa shape index (κ2) is 4.56. The van der Waals surface area contributed by atoms with Gasteiger partial charge in [-0.3, -0.25) is 4.98 Å². The van der Waals surface area contributed by atoms with Crippen molar-refractivity contribution in [1.29, 1.82) is 0 Å². The van der Waals surface area contributed by atoms with Crippen molar-refractivity contribution in [3.8, 4) is 0 Å². The second-order valence-electron chi connectivity index (χ2n) is 4.34. The van der Waals surface area contributed by atoms with Crippen LogP contribution in [0.15, 0.2) is 24.5 Å². The first-order valence-corrected chi connectivity index (χ1v) is 5.49. The Kier molecular flexibility index (Phi) is 3.14. The van der Waals surface area contributed by atoms with Gasteiger partial charge in [-0.1, -0.05) is 12.8 Å². The van der Waals surface area contributed by atoms with Crippen molar-refractivity contribution in [2.45, 2.75) is 38.1 Å². The minimum atomic E-state index is 0.331. The third-order valence-corrected chi connectivity index (χ3v) is 2.89. The summed E-state index contributed by atoms with van der Waals surface area (Å²) in [5.41, 5.74) is 7.37. The van der Waals surface area contributed by atoms with Crippen LogP contribution in [0, 0.1) is 5.92 Å². The smallest absolute Gasteiger partial charge is 0.0270 e. The lowest BCUT2D eigenvalue weighted by Gasteiger charge is -2.10. The number of hydrogen-bond acceptors (Lipinski definition) is 2. The molecule has 2 nitrogen and oxygen atoms in total. The van der Waals surface area contributed by atoms with Gasteiger partial charge in [-0.05, 0) is 42.9 Å². The molecular weight excluding hydrogens is 172 g/mol. The average molecular weight is 190 g/mol. The van der Waals surface area contributed by atoms with Gasteiger partial charge in [-0.2, -0.15) is 0 Å². The summed E-state index contributed by atoms with van der Waals surface area (Å²) in [5, 5.41) is 0. The van der Waals surface area contributed by atoms with E-state index in [-0.39, 0.29) is 0 Å². The average Bonchev–Trinajstić information content (AvgIpc) is 3.00. The van der Waals surface area contributed by atoms with Gasteiger partial charge in [0.15, 0.2) is 0 Å². The Bertz CT molecular complexity index is 267. The van der Waals surface area contributed by atoms with Gasteiger partial charge in [0.25, 0.3) is 0 Å². The van der Waals surface area contributed by atoms with Gasteiger partial charge >= 0.3 is 0 Å². The maximum atomic E-state index is 6.06. The molecule has 1 saturated carbocycles. The minimum Gasteiger partial charge on any atom is -0.327 e. The zero-order chi connectivity index (χ0) is 9.80. The highest BCUT2D eigenvalue weighted by Crippen LogP contribution is 2.33. The van der Waals surface area contributed by atoms with Crippen LogP contribution in [0.25, 0.3) is 0 Å². The molecule has 1 unspecified atom stereocenters. The summed E-state index contributed by atoms with van der Waals surface area (Å²) in [6, 6.07) is 4.44. The molecule has 0 bridgehead atoms. The van der Waals surface area contributed by atoms with E-state index < -0.39 is 0 Å². The van der Waals surface area contributed by atoms with Crippen molar-refractivity contribution < 1.29 is 0 Å². The fourth-order valence-electron chi connectivity index (χ4n) is 1.78. The molecule has 1 aromatic heterocycles. The van der Waals surface area contributed by atoms with Crippen LogP contribution in [0.3, 0.4) is 0 Å². The zero-order valence-corrected chi connectivity index (χ0v) is 8.52. The highest BCUT2D eigenvalue weighted by atomic mass is 14.6. The molecule has 2 N–H and O–H groups in total. The molecule has 2 heteroatoms. The van der Waals surface area contributed by atoms with Gasteiger partial charge in [0.2, 0.25) is 0 Å². The minimum absolute atomic E-state index is 0.331. The third-order valence-electron chi connectivity index (χ3n) is 2.89. The molecule has 0 aromatic carbocycles. The highest BCUT2D eigenvalue weighted by Gasteiger charge is 2.21. The fourth-order valence-corrected chi connectivity index (χ4v) is 1.78. The number of nitrogens with zero attached hydrogens (tertiary/aromatic N) is 1. The predicted octanol–water partition coefficient (Wildman–Crippen LogP) is 2.14. The Morgan fingerprint density at radius 1 is 1.36 bits per heavy atom. The molecule has 0 aliphatic heterocycles. The van der Waals surface area contributed by atoms with E-state index in [1.54, 1.807) is 0 Å². The van der Waals surface area contributed by atoms with Crippen molar-refractivity contribution in [1.82, 2.24) is 4.98 Å². The highest BCUT2D eigenvalue weighted by molar-refractivity contribution is 5.11. The summed E-state index contributed by atoms with van der Waals surface area (Å²) in [6.07, 6.45) is 10.0. The topological polar surface area (TPSA) is 38.9 Å². The largest absolute Gasteiger partial charge is 0.327 e. The lowest BCUT2D eigenvalue weighted by Crippen LogP contribution is -2.22. The molecule has 76 valence electrons. The zero-order valence-electron chi connectivity index (χ0n) is 8.52. The van der Waals surface area contributed by atoms with Crippen LogP contribution in [-0.4, -0.2) is 11.0 Å². The molecule has 0 amide bonds. The number of aromatic nitrogens is 1. The maximum absolute atomic E-state index is 6.06. The third kappa shape index (κ3) is 3.11. The molecule has 14 heavy (non-hydrogen) atoms. The Morgan fingerprint density at radius 2 is 2.07 bits per heavy atom. The quantitative estimate of drug-likeness (QED) is 0.772. The van der Waals surface area contributed by atoms with E-state index in [1.807, 2.05) is 12.4 Å². The van der Waals surface area contributed by atoms with Crippen LogP contribution < -0.4 is 5.73 Å². The van der Waals surface area contributed by atoms with Gasteiger partial charge in [0.05, 0.1) is 0 Å². The number of pyridine rings is 1. The van der Waals surface area contributed by atoms with Crippen LogP contribution in [0.1, 0.15) is 31.2 Å². The first-order chi connectivity index (χ1) is 6.84. The summed E-state index contributed by atoms with van der Waals surface area (Å²) < 4.78 is 0. The van der Waals surface area contributed by atoms with Gasteiger partial charge in [0.1, 0.15) is 0 Å². The Balaban J connectivity index is 1.73. The second-order valence-corrected chi connectivity index (χ2v) is 4.34. The summed E-state index contributed by atoms with van der Waals surface area (Å²) in [5.74, 6) is 0.999. The van der Waals surface area contributed by atoms with E-state index in [2.05, 4.69) is 17.1 Å². The van der Waals surface area contributed by atoms with Gasteiger partial charge in [0, 0.05) is 18.4 Å². The normalized spacial score (nSPS) is 18.1. The molecule has 1 aliphatic rings. The predicted molar refractivity (Wildman–Crippen MR) is 57.9 cm³/mol. The molecule has 1 heterocycles. The number of rotatable bonds is 5. The van der Waals surface area contributed by atoms with Crippen molar-refractivity contribution in [2.24, 2.45) is 11.7 Å². The summed E-state index contributed by atoms with van der Waals surface area (Å²) in [7, 11) is 0. The Morgan fingerprint density at radius 3 is 2.71 bits per heavy atom. The van der Waals surface area contributed by atoms with Crippen LogP contribution in [0.4, 0.5) is 0 Å². The van der Waals surface area contributed by atoms with Crippen molar-refractivity contribution in [3.63, 3.8) is 0 Å². The lowest BCUT2D eigenvalue weighted by molar-refractivity contribution is 0.551. The van der Waals surface area contributed by atoms with E-state index in [4.69, 9.17) is 5.73 Å². The molecule has 1 atom stereocenters. The van der Waals surface area contributed by atoms with E-state index in [9.17, 15) is 0 Å². The Hall–Kier alpha value is -0.890. The number of hydrogen-bond donors (Lipinski definition) is 1. The monoisotopic (exact) mass is 190 g/mol. The van der Waals surface area contributed by atoms with Crippen LogP contribution in [-0.2, 0) is 6.42 Å². The molecule has 1 aliphatic carbocycles. The summed E-state index contributed by atoms with van der Waals surface area (Å²) in [6.45, 7) is 0. The van der Waals surface area contributed by atoms with Crippen molar-refractivity contribution >= 4 is 0 Å². The van der Waals surface area contributed by atoms with Gasteiger partial charge < -0.3 is 5.73 Å². The molecule has 1 aromatic rings. The fraction of sp³-hybridized carbons (Fsp3) is 0.583. The standard InChI is InChI=1S/C12H18N2/c13-12(4-3-10-1-2-10)9-11-5-7-14-8-6-11/h5-8,10,12H,1-4,9,13H2. The molecule has 0 radical (unpaired) electrons. The van der Waals surface area contributed by atoms with Gasteiger partial charge in [-0.25, -0.2) is 0 Å². The van der Waals surface area contributed by atoms with E-state index >= 15 is 0 Å². The van der Waals surface area contributed by atoms with Crippen molar-refractivity contribution in [3.05, 3.63) is 30.1 Å². The van der Waals surface area contributed by atoms with E-state index in [0.29, 0.717) is 6.04 Å². The molecule has 2 rings (SSSR count). The van der Waals surface area contributed by atoms with Crippen LogP contribution in [0.2, 0.25) is 0 Å². The summed E-state index contributed by atoms with van der Waals surface area (Å²) in [4.78, 5) is 4.00.